The summed E-state index contributed by atoms with van der Waals surface area (Å²) < 4.78 is 58.1. The number of aliphatic imine (C=N–C) groups is 1. The summed E-state index contributed by atoms with van der Waals surface area (Å²) in [5.74, 6) is -3.29. The molecule has 204 valence electrons. The van der Waals surface area contributed by atoms with Gasteiger partial charge in [0.25, 0.3) is 5.56 Å². The van der Waals surface area contributed by atoms with Gasteiger partial charge in [-0.15, -0.1) is 0 Å². The fraction of sp³-hybridized carbons (Fsp3) is 0.250. The van der Waals surface area contributed by atoms with E-state index in [2.05, 4.69) is 9.98 Å². The van der Waals surface area contributed by atoms with Crippen LogP contribution in [0.25, 0.3) is 6.20 Å². The van der Waals surface area contributed by atoms with Gasteiger partial charge in [0.05, 0.1) is 21.9 Å². The summed E-state index contributed by atoms with van der Waals surface area (Å²) in [6.45, 7) is 5.11. The number of allylic oxidation sites excluding steroid dienone is 2. The molecular formula is C28H25ClF3N3O3S. The van der Waals surface area contributed by atoms with Gasteiger partial charge in [0.2, 0.25) is 5.56 Å². The molecule has 4 rings (SSSR count). The van der Waals surface area contributed by atoms with Gasteiger partial charge in [-0.25, -0.2) is 8.78 Å². The lowest BCUT2D eigenvalue weighted by Gasteiger charge is -2.12. The number of nitrogens with one attached hydrogen (secondary N) is 1. The molecular weight excluding hydrogens is 551 g/mol. The Morgan fingerprint density at radius 2 is 1.85 bits per heavy atom. The van der Waals surface area contributed by atoms with Crippen molar-refractivity contribution in [2.24, 2.45) is 10.9 Å². The van der Waals surface area contributed by atoms with E-state index in [9.17, 15) is 18.2 Å². The van der Waals surface area contributed by atoms with Crippen LogP contribution in [-0.4, -0.2) is 25.7 Å². The third-order valence-electron chi connectivity index (χ3n) is 6.75. The van der Waals surface area contributed by atoms with Gasteiger partial charge in [0, 0.05) is 35.3 Å². The number of rotatable bonds is 7. The Balaban J connectivity index is 1.77. The van der Waals surface area contributed by atoms with Crippen LogP contribution in [0.5, 0.6) is 0 Å². The predicted molar refractivity (Wildman–Crippen MR) is 148 cm³/mol. The lowest BCUT2D eigenvalue weighted by Crippen LogP contribution is -2.21. The molecule has 39 heavy (non-hydrogen) atoms. The highest BCUT2D eigenvalue weighted by Gasteiger charge is 2.51. The van der Waals surface area contributed by atoms with Gasteiger partial charge in [0.15, 0.2) is 11.8 Å². The lowest BCUT2D eigenvalue weighted by atomic mass is 10.1. The molecule has 1 saturated carbocycles. The summed E-state index contributed by atoms with van der Waals surface area (Å²) in [5.41, 5.74) is -0.746. The average Bonchev–Trinajstić information content (AvgIpc) is 3.54. The number of aromatic nitrogens is 2. The van der Waals surface area contributed by atoms with E-state index >= 15 is 8.78 Å². The Kier molecular flexibility index (Phi) is 8.27. The van der Waals surface area contributed by atoms with Gasteiger partial charge >= 0.3 is 0 Å². The average molecular weight is 576 g/mol. The highest BCUT2D eigenvalue weighted by atomic mass is 35.5. The van der Waals surface area contributed by atoms with Gasteiger partial charge in [-0.3, -0.25) is 28.3 Å². The van der Waals surface area contributed by atoms with Crippen LogP contribution in [0.1, 0.15) is 48.1 Å². The first-order chi connectivity index (χ1) is 18.5. The van der Waals surface area contributed by atoms with E-state index in [4.69, 9.17) is 11.6 Å². The van der Waals surface area contributed by atoms with Crippen molar-refractivity contribution >= 4 is 34.3 Å². The van der Waals surface area contributed by atoms with E-state index in [-0.39, 0.29) is 33.2 Å². The van der Waals surface area contributed by atoms with Crippen molar-refractivity contribution in [3.8, 4) is 0 Å². The molecule has 0 radical (unpaired) electrons. The number of hydrogen-bond acceptors (Lipinski definition) is 4. The Morgan fingerprint density at radius 3 is 2.49 bits per heavy atom. The van der Waals surface area contributed by atoms with Gasteiger partial charge in [-0.1, -0.05) is 30.7 Å². The zero-order valence-electron chi connectivity index (χ0n) is 21.5. The molecule has 4 atom stereocenters. The second kappa shape index (κ2) is 11.3. The van der Waals surface area contributed by atoms with E-state index < -0.39 is 45.2 Å². The summed E-state index contributed by atoms with van der Waals surface area (Å²) in [6, 6.07) is 8.36. The molecule has 2 aromatic heterocycles. The molecule has 2 heterocycles. The molecule has 1 aliphatic rings. The minimum atomic E-state index is -1.66. The molecule has 11 heteroatoms. The van der Waals surface area contributed by atoms with Crippen LogP contribution < -0.4 is 11.1 Å². The number of nitrogens with zero attached hydrogens (tertiary/aromatic N) is 2. The monoisotopic (exact) mass is 575 g/mol. The molecule has 0 amide bonds. The maximum atomic E-state index is 15.6. The first kappa shape index (κ1) is 28.5. The van der Waals surface area contributed by atoms with Crippen molar-refractivity contribution in [2.75, 3.05) is 6.26 Å². The SMILES string of the molecule is C/C=C/N=C(/C(F)=C/n1c(C)cc(C2C(c3ccc(=O)[nH]c3F)[C@H]2C)c(Cl)c1=O)c1cccc(S(C)=O)c1F. The summed E-state index contributed by atoms with van der Waals surface area (Å²) in [7, 11) is -1.66. The third-order valence-corrected chi connectivity index (χ3v) is 8.07. The molecule has 3 aromatic rings. The van der Waals surface area contributed by atoms with Crippen molar-refractivity contribution in [3.63, 3.8) is 0 Å². The van der Waals surface area contributed by atoms with Gasteiger partial charge in [-0.2, -0.15) is 4.39 Å². The quantitative estimate of drug-likeness (QED) is 0.284. The molecule has 0 saturated heterocycles. The largest absolute Gasteiger partial charge is 0.299 e. The van der Waals surface area contributed by atoms with E-state index in [1.165, 1.54) is 48.9 Å². The summed E-state index contributed by atoms with van der Waals surface area (Å²) in [5, 5.41) is -0.157. The number of H-pyrrole nitrogens is 1. The molecule has 1 aliphatic carbocycles. The number of pyridine rings is 2. The zero-order chi connectivity index (χ0) is 28.6. The topological polar surface area (TPSA) is 84.3 Å². The summed E-state index contributed by atoms with van der Waals surface area (Å²) >= 11 is 6.46. The first-order valence-corrected chi connectivity index (χ1v) is 13.9. The standard InChI is InChI=1S/C28H25ClF3N3O3S/c1-5-11-33-26(17-7-6-8-20(25(17)31)39(4)38)19(30)13-35-14(2)12-18(24(29)28(35)37)23-15(3)22(23)16-9-10-21(36)34-27(16)32/h5-13,15,22-23H,1-4H3,(H,34,36)/b11-5+,19-13-,33-26+/t15-,22?,23?,39?/m1/s1. The molecule has 1 N–H and O–H groups in total. The van der Waals surface area contributed by atoms with Crippen LogP contribution >= 0.6 is 11.6 Å². The molecule has 0 aliphatic heterocycles. The second-order valence-corrected chi connectivity index (χ2v) is 11.0. The molecule has 3 unspecified atom stereocenters. The van der Waals surface area contributed by atoms with Crippen LogP contribution in [-0.2, 0) is 10.8 Å². The number of benzene rings is 1. The maximum absolute atomic E-state index is 15.6. The Hall–Kier alpha value is -3.50. The molecule has 0 bridgehead atoms. The zero-order valence-corrected chi connectivity index (χ0v) is 23.0. The van der Waals surface area contributed by atoms with Gasteiger partial charge in [0.1, 0.15) is 16.6 Å². The van der Waals surface area contributed by atoms with Crippen molar-refractivity contribution in [3.05, 3.63) is 114 Å². The minimum absolute atomic E-state index is 0.0660. The van der Waals surface area contributed by atoms with Crippen LogP contribution in [0.15, 0.2) is 74.0 Å². The van der Waals surface area contributed by atoms with E-state index in [0.717, 1.165) is 10.8 Å². The number of halogens is 4. The Morgan fingerprint density at radius 1 is 1.15 bits per heavy atom. The summed E-state index contributed by atoms with van der Waals surface area (Å²) in [4.78, 5) is 30.7. The van der Waals surface area contributed by atoms with Crippen LogP contribution in [0.4, 0.5) is 13.2 Å². The highest BCUT2D eigenvalue weighted by Crippen LogP contribution is 2.61. The fourth-order valence-electron chi connectivity index (χ4n) is 4.78. The normalized spacial score (nSPS) is 20.5. The smallest absolute Gasteiger partial charge is 0.273 e. The van der Waals surface area contributed by atoms with E-state index in [1.54, 1.807) is 19.9 Å². The van der Waals surface area contributed by atoms with Crippen molar-refractivity contribution in [2.45, 2.75) is 37.5 Å². The Bertz CT molecular complexity index is 1690. The van der Waals surface area contributed by atoms with Gasteiger partial charge in [-0.05, 0) is 61.4 Å². The molecule has 1 fully saturated rings. The van der Waals surface area contributed by atoms with Crippen LogP contribution in [0.2, 0.25) is 5.02 Å². The maximum Gasteiger partial charge on any atom is 0.273 e. The Labute approximate surface area is 230 Å². The number of aromatic amines is 1. The van der Waals surface area contributed by atoms with Crippen molar-refractivity contribution < 1.29 is 17.4 Å². The van der Waals surface area contributed by atoms with Gasteiger partial charge < -0.3 is 0 Å². The summed E-state index contributed by atoms with van der Waals surface area (Å²) in [6.07, 6.45) is 4.98. The van der Waals surface area contributed by atoms with E-state index in [1.807, 2.05) is 6.92 Å². The fourth-order valence-corrected chi connectivity index (χ4v) is 5.69. The molecule has 1 aromatic carbocycles. The lowest BCUT2D eigenvalue weighted by molar-refractivity contribution is 0.560. The second-order valence-electron chi connectivity index (χ2n) is 9.24. The van der Waals surface area contributed by atoms with Crippen LogP contribution in [0.3, 0.4) is 0 Å². The highest BCUT2D eigenvalue weighted by molar-refractivity contribution is 7.84. The van der Waals surface area contributed by atoms with Crippen LogP contribution in [0, 0.1) is 24.6 Å². The first-order valence-electron chi connectivity index (χ1n) is 12.0. The van der Waals surface area contributed by atoms with E-state index in [0.29, 0.717) is 16.8 Å². The number of aryl methyl sites for hydroxylation is 1. The number of hydrogen-bond donors (Lipinski definition) is 1. The van der Waals surface area contributed by atoms with Crippen molar-refractivity contribution in [1.82, 2.24) is 9.55 Å². The minimum Gasteiger partial charge on any atom is -0.299 e. The molecule has 0 spiro atoms. The third kappa shape index (κ3) is 5.49. The predicted octanol–water partition coefficient (Wildman–Crippen LogP) is 5.82. The molecule has 6 nitrogen and oxygen atoms in total. The van der Waals surface area contributed by atoms with Crippen molar-refractivity contribution in [1.29, 1.82) is 0 Å².